The highest BCUT2D eigenvalue weighted by molar-refractivity contribution is 7.12. The summed E-state index contributed by atoms with van der Waals surface area (Å²) in [6.45, 7) is 8.33. The van der Waals surface area contributed by atoms with Crippen molar-refractivity contribution < 1.29 is 4.79 Å². The molecule has 0 unspecified atom stereocenters. The van der Waals surface area contributed by atoms with E-state index in [4.69, 9.17) is 16.6 Å². The molecule has 31 heavy (non-hydrogen) atoms. The van der Waals surface area contributed by atoms with Gasteiger partial charge in [0.25, 0.3) is 5.91 Å². The standard InChI is InChI=1S/C24H23ClN4OS/c1-15-13-21(27-22(30)17-5-9-18(10-6-17)24(2,3)4)29(28-15)23-26-20(14-31-23)16-7-11-19(25)12-8-16/h5-14H,1-4H3,(H,27,30). The fraction of sp³-hybridized carbons (Fsp3) is 0.208. The summed E-state index contributed by atoms with van der Waals surface area (Å²) < 4.78 is 1.67. The molecule has 0 saturated heterocycles. The summed E-state index contributed by atoms with van der Waals surface area (Å²) in [5, 5.41) is 10.8. The molecule has 4 aromatic rings. The van der Waals surface area contributed by atoms with Crippen molar-refractivity contribution in [2.75, 3.05) is 5.32 Å². The Morgan fingerprint density at radius 1 is 1.06 bits per heavy atom. The predicted octanol–water partition coefficient (Wildman–Crippen LogP) is 6.51. The molecular weight excluding hydrogens is 428 g/mol. The van der Waals surface area contributed by atoms with Crippen LogP contribution in [0.1, 0.15) is 42.4 Å². The summed E-state index contributed by atoms with van der Waals surface area (Å²) in [6.07, 6.45) is 0. The highest BCUT2D eigenvalue weighted by Gasteiger charge is 2.17. The number of halogens is 1. The van der Waals surface area contributed by atoms with Crippen molar-refractivity contribution >= 4 is 34.7 Å². The molecule has 4 rings (SSSR count). The van der Waals surface area contributed by atoms with Crippen molar-refractivity contribution in [3.63, 3.8) is 0 Å². The van der Waals surface area contributed by atoms with E-state index in [9.17, 15) is 4.79 Å². The summed E-state index contributed by atoms with van der Waals surface area (Å²) in [4.78, 5) is 17.5. The first kappa shape index (κ1) is 21.3. The Bertz CT molecular complexity index is 1220. The monoisotopic (exact) mass is 450 g/mol. The van der Waals surface area contributed by atoms with E-state index in [1.54, 1.807) is 4.68 Å². The van der Waals surface area contributed by atoms with Crippen molar-refractivity contribution in [3.05, 3.63) is 81.8 Å². The molecule has 0 aliphatic heterocycles. The Kier molecular flexibility index (Phi) is 5.69. The van der Waals surface area contributed by atoms with Crippen LogP contribution in [0.15, 0.2) is 60.0 Å². The first-order valence-corrected chi connectivity index (χ1v) is 11.2. The van der Waals surface area contributed by atoms with E-state index in [2.05, 4.69) is 31.2 Å². The Morgan fingerprint density at radius 2 is 1.74 bits per heavy atom. The van der Waals surface area contributed by atoms with E-state index in [0.29, 0.717) is 21.5 Å². The van der Waals surface area contributed by atoms with Crippen LogP contribution in [0.3, 0.4) is 0 Å². The maximum Gasteiger partial charge on any atom is 0.256 e. The maximum absolute atomic E-state index is 12.8. The van der Waals surface area contributed by atoms with E-state index >= 15 is 0 Å². The Balaban J connectivity index is 1.58. The number of benzene rings is 2. The number of aryl methyl sites for hydroxylation is 1. The molecule has 0 spiro atoms. The van der Waals surface area contributed by atoms with Crippen LogP contribution >= 0.6 is 22.9 Å². The third kappa shape index (κ3) is 4.70. The smallest absolute Gasteiger partial charge is 0.256 e. The van der Waals surface area contributed by atoms with E-state index in [-0.39, 0.29) is 11.3 Å². The summed E-state index contributed by atoms with van der Waals surface area (Å²) in [6, 6.07) is 17.1. The molecule has 7 heteroatoms. The van der Waals surface area contributed by atoms with Gasteiger partial charge in [0.1, 0.15) is 5.82 Å². The molecule has 0 aliphatic rings. The van der Waals surface area contributed by atoms with Gasteiger partial charge in [-0.25, -0.2) is 4.98 Å². The van der Waals surface area contributed by atoms with Crippen molar-refractivity contribution in [1.82, 2.24) is 14.8 Å². The summed E-state index contributed by atoms with van der Waals surface area (Å²) in [5.41, 5.74) is 4.42. The van der Waals surface area contributed by atoms with Crippen LogP contribution in [-0.2, 0) is 5.41 Å². The number of anilines is 1. The zero-order chi connectivity index (χ0) is 22.2. The molecule has 0 atom stereocenters. The van der Waals surface area contributed by atoms with Crippen LogP contribution in [0.4, 0.5) is 5.82 Å². The lowest BCUT2D eigenvalue weighted by Crippen LogP contribution is -2.16. The first-order valence-electron chi connectivity index (χ1n) is 9.91. The van der Waals surface area contributed by atoms with Gasteiger partial charge in [-0.05, 0) is 42.2 Å². The van der Waals surface area contributed by atoms with Gasteiger partial charge in [0.15, 0.2) is 0 Å². The van der Waals surface area contributed by atoms with Crippen LogP contribution < -0.4 is 5.32 Å². The van der Waals surface area contributed by atoms with E-state index in [0.717, 1.165) is 17.0 Å². The van der Waals surface area contributed by atoms with E-state index in [1.165, 1.54) is 16.9 Å². The second-order valence-corrected chi connectivity index (χ2v) is 9.66. The Hall–Kier alpha value is -2.96. The number of carbonyl (C=O) groups excluding carboxylic acids is 1. The summed E-state index contributed by atoms with van der Waals surface area (Å²) in [5.74, 6) is 0.399. The Morgan fingerprint density at radius 3 is 2.39 bits per heavy atom. The summed E-state index contributed by atoms with van der Waals surface area (Å²) >= 11 is 7.44. The van der Waals surface area contributed by atoms with Gasteiger partial charge in [0.2, 0.25) is 5.13 Å². The van der Waals surface area contributed by atoms with Gasteiger partial charge < -0.3 is 5.32 Å². The first-order chi connectivity index (χ1) is 14.7. The Labute approximate surface area is 190 Å². The maximum atomic E-state index is 12.8. The SMILES string of the molecule is Cc1cc(NC(=O)c2ccc(C(C)(C)C)cc2)n(-c2nc(-c3ccc(Cl)cc3)cs2)n1. The van der Waals surface area contributed by atoms with Gasteiger partial charge in [-0.2, -0.15) is 9.78 Å². The molecule has 5 nitrogen and oxygen atoms in total. The minimum absolute atomic E-state index is 0.0391. The second kappa shape index (κ2) is 8.29. The minimum Gasteiger partial charge on any atom is -0.306 e. The largest absolute Gasteiger partial charge is 0.306 e. The minimum atomic E-state index is -0.184. The van der Waals surface area contributed by atoms with Gasteiger partial charge >= 0.3 is 0 Å². The number of hydrogen-bond acceptors (Lipinski definition) is 4. The van der Waals surface area contributed by atoms with Crippen LogP contribution in [0.2, 0.25) is 5.02 Å². The highest BCUT2D eigenvalue weighted by atomic mass is 35.5. The molecule has 158 valence electrons. The van der Waals surface area contributed by atoms with E-state index in [1.807, 2.05) is 66.9 Å². The number of nitrogens with zero attached hydrogens (tertiary/aromatic N) is 3. The second-order valence-electron chi connectivity index (χ2n) is 8.39. The zero-order valence-corrected chi connectivity index (χ0v) is 19.4. The lowest BCUT2D eigenvalue weighted by Gasteiger charge is -2.19. The molecular formula is C24H23ClN4OS. The fourth-order valence-corrected chi connectivity index (χ4v) is 4.08. The summed E-state index contributed by atoms with van der Waals surface area (Å²) in [7, 11) is 0. The molecule has 0 bridgehead atoms. The number of thiazole rings is 1. The fourth-order valence-electron chi connectivity index (χ4n) is 3.16. The van der Waals surface area contributed by atoms with Crippen molar-refractivity contribution in [2.45, 2.75) is 33.1 Å². The molecule has 2 aromatic carbocycles. The van der Waals surface area contributed by atoms with Gasteiger partial charge in [-0.1, -0.05) is 56.6 Å². The predicted molar refractivity (Wildman–Crippen MR) is 128 cm³/mol. The lowest BCUT2D eigenvalue weighted by molar-refractivity contribution is 0.102. The molecule has 2 heterocycles. The zero-order valence-electron chi connectivity index (χ0n) is 17.8. The number of hydrogen-bond donors (Lipinski definition) is 1. The number of carbonyl (C=O) groups is 1. The van der Waals surface area contributed by atoms with Gasteiger partial charge in [0.05, 0.1) is 11.4 Å². The van der Waals surface area contributed by atoms with Crippen LogP contribution in [-0.4, -0.2) is 20.7 Å². The number of nitrogens with one attached hydrogen (secondary N) is 1. The van der Waals surface area contributed by atoms with Gasteiger partial charge in [0, 0.05) is 27.6 Å². The number of amides is 1. The van der Waals surface area contributed by atoms with Crippen LogP contribution in [0.25, 0.3) is 16.4 Å². The molecule has 0 fully saturated rings. The highest BCUT2D eigenvalue weighted by Crippen LogP contribution is 2.28. The number of aromatic nitrogens is 3. The normalized spacial score (nSPS) is 11.5. The molecule has 1 amide bonds. The molecule has 2 aromatic heterocycles. The average molecular weight is 451 g/mol. The topological polar surface area (TPSA) is 59.8 Å². The lowest BCUT2D eigenvalue weighted by atomic mass is 9.87. The van der Waals surface area contributed by atoms with Crippen LogP contribution in [0.5, 0.6) is 0 Å². The average Bonchev–Trinajstić information content (AvgIpc) is 3.34. The van der Waals surface area contributed by atoms with E-state index < -0.39 is 0 Å². The van der Waals surface area contributed by atoms with Crippen molar-refractivity contribution in [1.29, 1.82) is 0 Å². The molecule has 0 saturated carbocycles. The third-order valence-electron chi connectivity index (χ3n) is 4.90. The molecule has 0 radical (unpaired) electrons. The quantitative estimate of drug-likeness (QED) is 0.385. The van der Waals surface area contributed by atoms with Crippen molar-refractivity contribution in [3.8, 4) is 16.4 Å². The van der Waals surface area contributed by atoms with Crippen LogP contribution in [0, 0.1) is 6.92 Å². The van der Waals surface area contributed by atoms with Gasteiger partial charge in [-0.15, -0.1) is 11.3 Å². The third-order valence-corrected chi connectivity index (χ3v) is 5.97. The number of rotatable bonds is 4. The molecule has 1 N–H and O–H groups in total. The van der Waals surface area contributed by atoms with Gasteiger partial charge in [-0.3, -0.25) is 4.79 Å². The molecule has 0 aliphatic carbocycles. The van der Waals surface area contributed by atoms with Crippen molar-refractivity contribution in [2.24, 2.45) is 0 Å².